The monoisotopic (exact) mass is 273 g/mol. The van der Waals surface area contributed by atoms with E-state index in [9.17, 15) is 0 Å². The lowest BCUT2D eigenvalue weighted by Gasteiger charge is -2.18. The third-order valence-electron chi connectivity index (χ3n) is 3.36. The maximum absolute atomic E-state index is 5.79. The Labute approximate surface area is 121 Å². The Morgan fingerprint density at radius 3 is 2.65 bits per heavy atom. The number of nitrogens with one attached hydrogen (secondary N) is 1. The summed E-state index contributed by atoms with van der Waals surface area (Å²) in [6, 6.07) is 12.4. The first-order valence-corrected chi connectivity index (χ1v) is 7.16. The highest BCUT2D eigenvalue weighted by molar-refractivity contribution is 5.34. The Morgan fingerprint density at radius 2 is 2.00 bits per heavy atom. The van der Waals surface area contributed by atoms with Gasteiger partial charge in [0, 0.05) is 0 Å². The molecule has 108 valence electrons. The van der Waals surface area contributed by atoms with Crippen molar-refractivity contribution in [3.63, 3.8) is 0 Å². The Hall–Kier alpha value is -1.74. The molecule has 0 saturated carbocycles. The molecule has 3 nitrogen and oxygen atoms in total. The second-order valence-electron chi connectivity index (χ2n) is 4.97. The van der Waals surface area contributed by atoms with E-state index in [2.05, 4.69) is 24.4 Å². The van der Waals surface area contributed by atoms with Crippen molar-refractivity contribution in [1.29, 1.82) is 0 Å². The zero-order chi connectivity index (χ0) is 14.4. The fraction of sp³-hybridized carbons (Fsp3) is 0.412. The number of hydrogen-bond acceptors (Lipinski definition) is 3. The van der Waals surface area contributed by atoms with Crippen molar-refractivity contribution >= 4 is 0 Å². The number of ether oxygens (including phenoxy) is 1. The minimum Gasteiger partial charge on any atom is -0.496 e. The second-order valence-corrected chi connectivity index (χ2v) is 4.97. The fourth-order valence-electron chi connectivity index (χ4n) is 2.32. The van der Waals surface area contributed by atoms with Gasteiger partial charge in [-0.25, -0.2) is 0 Å². The number of furan rings is 1. The topological polar surface area (TPSA) is 34.4 Å². The van der Waals surface area contributed by atoms with Crippen molar-refractivity contribution in [2.45, 2.75) is 32.7 Å². The first-order valence-electron chi connectivity index (χ1n) is 7.16. The van der Waals surface area contributed by atoms with E-state index < -0.39 is 0 Å². The smallest absolute Gasteiger partial charge is 0.122 e. The molecule has 1 unspecified atom stereocenters. The molecule has 1 atom stereocenters. The average molecular weight is 273 g/mol. The molecular weight excluding hydrogens is 250 g/mol. The van der Waals surface area contributed by atoms with Crippen LogP contribution in [0.25, 0.3) is 0 Å². The normalized spacial score (nSPS) is 12.3. The Bertz CT molecular complexity index is 533. The summed E-state index contributed by atoms with van der Waals surface area (Å²) in [5, 5.41) is 3.55. The van der Waals surface area contributed by atoms with E-state index in [0.717, 1.165) is 36.7 Å². The Morgan fingerprint density at radius 1 is 1.20 bits per heavy atom. The minimum atomic E-state index is 0.181. The molecule has 0 aliphatic heterocycles. The van der Waals surface area contributed by atoms with Crippen LogP contribution < -0.4 is 10.1 Å². The fourth-order valence-corrected chi connectivity index (χ4v) is 2.32. The van der Waals surface area contributed by atoms with Crippen molar-refractivity contribution < 1.29 is 9.15 Å². The molecule has 0 radical (unpaired) electrons. The number of methoxy groups -OCH3 is 1. The highest BCUT2D eigenvalue weighted by atomic mass is 16.5. The summed E-state index contributed by atoms with van der Waals surface area (Å²) in [6.45, 7) is 5.11. The molecule has 1 N–H and O–H groups in total. The summed E-state index contributed by atoms with van der Waals surface area (Å²) in [4.78, 5) is 0. The van der Waals surface area contributed by atoms with Crippen LogP contribution in [0.1, 0.15) is 36.5 Å². The molecule has 0 aliphatic carbocycles. The number of aryl methyl sites for hydroxylation is 1. The molecule has 0 fully saturated rings. The highest BCUT2D eigenvalue weighted by Crippen LogP contribution is 2.26. The summed E-state index contributed by atoms with van der Waals surface area (Å²) in [7, 11) is 1.71. The van der Waals surface area contributed by atoms with E-state index >= 15 is 0 Å². The summed E-state index contributed by atoms with van der Waals surface area (Å²) in [5.41, 5.74) is 1.19. The molecule has 0 bridgehead atoms. The van der Waals surface area contributed by atoms with Crippen molar-refractivity contribution in [1.82, 2.24) is 5.32 Å². The molecule has 3 heteroatoms. The lowest BCUT2D eigenvalue weighted by Crippen LogP contribution is -2.23. The maximum Gasteiger partial charge on any atom is 0.122 e. The SMILES string of the molecule is CCCNC(Cc1ccccc1OC)c1ccc(C)o1. The number of rotatable bonds is 7. The molecule has 1 heterocycles. The van der Waals surface area contributed by atoms with E-state index in [0.29, 0.717) is 0 Å². The van der Waals surface area contributed by atoms with Gasteiger partial charge in [0.15, 0.2) is 0 Å². The average Bonchev–Trinajstić information content (AvgIpc) is 2.90. The van der Waals surface area contributed by atoms with E-state index in [1.165, 1.54) is 5.56 Å². The van der Waals surface area contributed by atoms with Gasteiger partial charge in [0.05, 0.1) is 13.2 Å². The van der Waals surface area contributed by atoms with Crippen molar-refractivity contribution in [2.24, 2.45) is 0 Å². The van der Waals surface area contributed by atoms with Crippen LogP contribution in [-0.4, -0.2) is 13.7 Å². The maximum atomic E-state index is 5.79. The van der Waals surface area contributed by atoms with Gasteiger partial charge in [-0.3, -0.25) is 0 Å². The van der Waals surface area contributed by atoms with Crippen LogP contribution in [0.15, 0.2) is 40.8 Å². The Kier molecular flexibility index (Phi) is 5.24. The Balaban J connectivity index is 2.19. The minimum absolute atomic E-state index is 0.181. The first kappa shape index (κ1) is 14.7. The van der Waals surface area contributed by atoms with Crippen molar-refractivity contribution in [3.05, 3.63) is 53.5 Å². The standard InChI is InChI=1S/C17H23NO2/c1-4-11-18-15(17-10-9-13(2)20-17)12-14-7-5-6-8-16(14)19-3/h5-10,15,18H,4,11-12H2,1-3H3. The van der Waals surface area contributed by atoms with E-state index in [1.807, 2.05) is 31.2 Å². The quantitative estimate of drug-likeness (QED) is 0.831. The molecule has 2 aromatic rings. The number of benzene rings is 1. The van der Waals surface area contributed by atoms with Crippen molar-refractivity contribution in [2.75, 3.05) is 13.7 Å². The van der Waals surface area contributed by atoms with Crippen LogP contribution >= 0.6 is 0 Å². The van der Waals surface area contributed by atoms with Gasteiger partial charge < -0.3 is 14.5 Å². The van der Waals surface area contributed by atoms with Crippen LogP contribution in [0.4, 0.5) is 0 Å². The molecule has 0 aliphatic rings. The highest BCUT2D eigenvalue weighted by Gasteiger charge is 2.17. The predicted octanol–water partition coefficient (Wildman–Crippen LogP) is 3.88. The van der Waals surface area contributed by atoms with Crippen LogP contribution in [0.5, 0.6) is 5.75 Å². The van der Waals surface area contributed by atoms with Crippen molar-refractivity contribution in [3.8, 4) is 5.75 Å². The molecule has 0 saturated heterocycles. The summed E-state index contributed by atoms with van der Waals surface area (Å²) in [5.74, 6) is 2.87. The number of para-hydroxylation sites is 1. The molecule has 0 amide bonds. The molecule has 1 aromatic carbocycles. The zero-order valence-electron chi connectivity index (χ0n) is 12.5. The largest absolute Gasteiger partial charge is 0.496 e. The van der Waals surface area contributed by atoms with Crippen LogP contribution in [0.3, 0.4) is 0 Å². The molecule has 1 aromatic heterocycles. The van der Waals surface area contributed by atoms with Crippen LogP contribution in [0, 0.1) is 6.92 Å². The number of hydrogen-bond donors (Lipinski definition) is 1. The van der Waals surface area contributed by atoms with E-state index in [1.54, 1.807) is 7.11 Å². The molecule has 2 rings (SSSR count). The van der Waals surface area contributed by atoms with E-state index in [4.69, 9.17) is 9.15 Å². The van der Waals surface area contributed by atoms with E-state index in [-0.39, 0.29) is 6.04 Å². The predicted molar refractivity (Wildman–Crippen MR) is 81.2 cm³/mol. The van der Waals surface area contributed by atoms with Gasteiger partial charge in [-0.2, -0.15) is 0 Å². The van der Waals surface area contributed by atoms with Gasteiger partial charge in [0.2, 0.25) is 0 Å². The van der Waals surface area contributed by atoms with Gasteiger partial charge in [-0.1, -0.05) is 25.1 Å². The summed E-state index contributed by atoms with van der Waals surface area (Å²) in [6.07, 6.45) is 1.96. The zero-order valence-corrected chi connectivity index (χ0v) is 12.5. The van der Waals surface area contributed by atoms with Gasteiger partial charge in [-0.15, -0.1) is 0 Å². The third kappa shape index (κ3) is 3.64. The van der Waals surface area contributed by atoms with Gasteiger partial charge in [-0.05, 0) is 50.1 Å². The van der Waals surface area contributed by atoms with Gasteiger partial charge in [0.25, 0.3) is 0 Å². The first-order chi connectivity index (χ1) is 9.74. The van der Waals surface area contributed by atoms with Gasteiger partial charge in [0.1, 0.15) is 17.3 Å². The van der Waals surface area contributed by atoms with Crippen LogP contribution in [-0.2, 0) is 6.42 Å². The lowest BCUT2D eigenvalue weighted by atomic mass is 10.0. The second kappa shape index (κ2) is 7.15. The van der Waals surface area contributed by atoms with Crippen LogP contribution in [0.2, 0.25) is 0 Å². The third-order valence-corrected chi connectivity index (χ3v) is 3.36. The summed E-state index contributed by atoms with van der Waals surface area (Å²) < 4.78 is 11.2. The molecular formula is C17H23NO2. The van der Waals surface area contributed by atoms with Gasteiger partial charge >= 0.3 is 0 Å². The summed E-state index contributed by atoms with van der Waals surface area (Å²) >= 11 is 0. The molecule has 20 heavy (non-hydrogen) atoms. The molecule has 0 spiro atoms. The lowest BCUT2D eigenvalue weighted by molar-refractivity contribution is 0.384.